The lowest BCUT2D eigenvalue weighted by molar-refractivity contribution is 0.102. The number of allylic oxidation sites excluding steroid dienone is 2. The number of benzene rings is 4. The van der Waals surface area contributed by atoms with Crippen LogP contribution in [0.1, 0.15) is 65.0 Å². The molecule has 1 aromatic heterocycles. The van der Waals surface area contributed by atoms with Gasteiger partial charge in [-0.25, -0.2) is 4.79 Å². The number of piperidine rings is 1. The van der Waals surface area contributed by atoms with Gasteiger partial charge >= 0.3 is 6.03 Å². The van der Waals surface area contributed by atoms with Crippen LogP contribution in [-0.2, 0) is 4.74 Å². The van der Waals surface area contributed by atoms with Crippen LogP contribution in [0, 0.1) is 5.92 Å². The minimum atomic E-state index is -0.381. The second-order valence-electron chi connectivity index (χ2n) is 15.5. The van der Waals surface area contributed by atoms with Gasteiger partial charge in [0.25, 0.3) is 5.91 Å². The number of aromatic nitrogens is 1. The van der Waals surface area contributed by atoms with Crippen molar-refractivity contribution in [3.63, 3.8) is 0 Å². The van der Waals surface area contributed by atoms with Gasteiger partial charge in [0.1, 0.15) is 18.1 Å². The number of aromatic amines is 1. The van der Waals surface area contributed by atoms with Crippen molar-refractivity contribution in [3.05, 3.63) is 134 Å². The highest BCUT2D eigenvalue weighted by Crippen LogP contribution is 2.54. The van der Waals surface area contributed by atoms with Crippen LogP contribution in [0.15, 0.2) is 91.1 Å². The van der Waals surface area contributed by atoms with E-state index in [-0.39, 0.29) is 29.9 Å². The minimum absolute atomic E-state index is 0.0499. The summed E-state index contributed by atoms with van der Waals surface area (Å²) in [7, 11) is 5.11. The molecule has 1 fully saturated rings. The molecule has 2 unspecified atom stereocenters. The predicted octanol–water partition coefficient (Wildman–Crippen LogP) is 10.5. The summed E-state index contributed by atoms with van der Waals surface area (Å²) in [6, 6.07) is 25.1. The average molecular weight is 854 g/mol. The normalized spacial score (nSPS) is 17.8. The average Bonchev–Trinajstić information content (AvgIpc) is 3.51. The Balaban J connectivity index is 1.27. The van der Waals surface area contributed by atoms with E-state index < -0.39 is 0 Å². The zero-order chi connectivity index (χ0) is 41.4. The van der Waals surface area contributed by atoms with Crippen LogP contribution in [0.25, 0.3) is 22.2 Å². The number of carbonyl (C=O) groups excluding carboxylic acids is 2. The maximum Gasteiger partial charge on any atom is 0.317 e. The zero-order valence-electron chi connectivity index (χ0n) is 33.5. The van der Waals surface area contributed by atoms with E-state index >= 15 is 4.79 Å². The molecule has 0 radical (unpaired) electrons. The van der Waals surface area contributed by atoms with Crippen LogP contribution in [0.5, 0.6) is 5.75 Å². The molecular weight excluding hydrogens is 807 g/mol. The van der Waals surface area contributed by atoms with Crippen molar-refractivity contribution in [2.24, 2.45) is 5.92 Å². The molecule has 3 aliphatic heterocycles. The van der Waals surface area contributed by atoms with E-state index in [9.17, 15) is 4.79 Å². The maximum atomic E-state index is 15.2. The van der Waals surface area contributed by atoms with Crippen molar-refractivity contribution in [1.82, 2.24) is 20.1 Å². The molecule has 3 amide bonds. The van der Waals surface area contributed by atoms with Crippen LogP contribution < -0.4 is 20.3 Å². The highest BCUT2D eigenvalue weighted by molar-refractivity contribution is 6.35. The maximum absolute atomic E-state index is 15.2. The molecule has 0 saturated carbocycles. The monoisotopic (exact) mass is 852 g/mol. The number of nitrogens with zero attached hydrogens (tertiary/aromatic N) is 3. The van der Waals surface area contributed by atoms with Crippen LogP contribution in [0.2, 0.25) is 15.1 Å². The van der Waals surface area contributed by atoms with Crippen LogP contribution in [0.3, 0.4) is 0 Å². The molecule has 2 atom stereocenters. The van der Waals surface area contributed by atoms with Gasteiger partial charge in [0, 0.05) is 84.1 Å². The van der Waals surface area contributed by atoms with Crippen LogP contribution in [0.4, 0.5) is 16.2 Å². The lowest BCUT2D eigenvalue weighted by Crippen LogP contribution is -2.47. The molecule has 3 N–H and O–H groups in total. The van der Waals surface area contributed by atoms with Gasteiger partial charge in [-0.1, -0.05) is 84.2 Å². The first-order chi connectivity index (χ1) is 28.5. The standard InChI is InChI=1S/C46H47Cl3N6O4/c1-27-9-8-18-55-43(33-14-12-29(47)24-35(33)49)34-23-30(48)25-37-40(34)41(44(55)39(27)28-10-6-5-7-11-28)42(51-37)45(56)52-36-26-32(59-22-21-58-4)13-15-38(36)54-19-16-31(17-20-54)50-46(57)53(2)3/h5-8,10-15,18,23-27,31,43,51H,9,16-17,19-22H2,1-4H3,(H,50,57)(H,52,56). The summed E-state index contributed by atoms with van der Waals surface area (Å²) < 4.78 is 11.3. The molecule has 0 spiro atoms. The Morgan fingerprint density at radius 2 is 1.69 bits per heavy atom. The van der Waals surface area contributed by atoms with E-state index in [1.54, 1.807) is 32.2 Å². The number of ether oxygens (including phenoxy) is 2. The number of hydrogen-bond donors (Lipinski definition) is 3. The lowest BCUT2D eigenvalue weighted by Gasteiger charge is -2.39. The Morgan fingerprint density at radius 1 is 0.915 bits per heavy atom. The first kappa shape index (κ1) is 40.6. The molecule has 10 nitrogen and oxygen atoms in total. The van der Waals surface area contributed by atoms with E-state index in [0.29, 0.717) is 58.5 Å². The number of rotatable bonds is 10. The minimum Gasteiger partial charge on any atom is -0.491 e. The van der Waals surface area contributed by atoms with Gasteiger partial charge in [-0.3, -0.25) is 4.79 Å². The van der Waals surface area contributed by atoms with Crippen LogP contribution in [-0.4, -0.2) is 80.3 Å². The largest absolute Gasteiger partial charge is 0.491 e. The van der Waals surface area contributed by atoms with Crippen molar-refractivity contribution in [1.29, 1.82) is 0 Å². The highest BCUT2D eigenvalue weighted by atomic mass is 35.5. The second-order valence-corrected chi connectivity index (χ2v) is 16.8. The van der Waals surface area contributed by atoms with Gasteiger partial charge in [0.2, 0.25) is 0 Å². The molecule has 4 aromatic carbocycles. The van der Waals surface area contributed by atoms with E-state index in [1.807, 2.05) is 60.7 Å². The molecule has 5 aromatic rings. The molecule has 306 valence electrons. The SMILES string of the molecule is COCCOc1ccc(N2CCC(NC(=O)N(C)C)CC2)c(NC(=O)c2[nH]c3cc(Cl)cc4c3c2C2=C(c3ccccc3)C(C)CC=CN2C4c2ccc(Cl)cc2Cl)c1. The number of halogens is 3. The quantitative estimate of drug-likeness (QED) is 0.121. The third kappa shape index (κ3) is 8.11. The van der Waals surface area contributed by atoms with Crippen molar-refractivity contribution in [2.45, 2.75) is 38.3 Å². The summed E-state index contributed by atoms with van der Waals surface area (Å²) in [6.07, 6.45) is 6.60. The number of carbonyl (C=O) groups is 2. The summed E-state index contributed by atoms with van der Waals surface area (Å²) in [4.78, 5) is 37.2. The lowest BCUT2D eigenvalue weighted by atomic mass is 9.82. The van der Waals surface area contributed by atoms with Gasteiger partial charge in [-0.2, -0.15) is 0 Å². The van der Waals surface area contributed by atoms with E-state index in [4.69, 9.17) is 44.3 Å². The number of fused-ring (bicyclic) bond motifs is 2. The number of urea groups is 1. The number of hydrogen-bond acceptors (Lipinski definition) is 6. The summed E-state index contributed by atoms with van der Waals surface area (Å²) in [5, 5.41) is 8.93. The third-order valence-electron chi connectivity index (χ3n) is 11.4. The number of methoxy groups -OCH3 is 1. The van der Waals surface area contributed by atoms with E-state index in [0.717, 1.165) is 69.4 Å². The first-order valence-electron chi connectivity index (χ1n) is 19.9. The van der Waals surface area contributed by atoms with Gasteiger partial charge in [-0.05, 0) is 83.8 Å². The zero-order valence-corrected chi connectivity index (χ0v) is 35.7. The van der Waals surface area contributed by atoms with Gasteiger partial charge < -0.3 is 39.8 Å². The Hall–Kier alpha value is -5.13. The Kier molecular flexibility index (Phi) is 11.9. The Bertz CT molecular complexity index is 2460. The van der Waals surface area contributed by atoms with Gasteiger partial charge in [-0.15, -0.1) is 0 Å². The molecule has 3 aliphatic rings. The topological polar surface area (TPSA) is 102 Å². The van der Waals surface area contributed by atoms with Crippen molar-refractivity contribution in [3.8, 4) is 5.75 Å². The Labute approximate surface area is 359 Å². The molecule has 8 rings (SSSR count). The number of H-pyrrole nitrogens is 1. The van der Waals surface area contributed by atoms with Gasteiger partial charge in [0.15, 0.2) is 0 Å². The number of nitrogens with one attached hydrogen (secondary N) is 3. The summed E-state index contributed by atoms with van der Waals surface area (Å²) in [5.41, 5.74) is 8.26. The van der Waals surface area contributed by atoms with Crippen molar-refractivity contribution >= 4 is 80.3 Å². The predicted molar refractivity (Wildman–Crippen MR) is 239 cm³/mol. The third-order valence-corrected chi connectivity index (χ3v) is 12.2. The molecular formula is C46H47Cl3N6O4. The Morgan fingerprint density at radius 3 is 2.42 bits per heavy atom. The molecule has 13 heteroatoms. The fourth-order valence-corrected chi connectivity index (χ4v) is 9.32. The van der Waals surface area contributed by atoms with E-state index in [1.165, 1.54) is 0 Å². The summed E-state index contributed by atoms with van der Waals surface area (Å²) in [6.45, 7) is 4.37. The van der Waals surface area contributed by atoms with Crippen molar-refractivity contribution < 1.29 is 19.1 Å². The first-order valence-corrected chi connectivity index (χ1v) is 21.0. The number of anilines is 2. The molecule has 4 heterocycles. The molecule has 1 saturated heterocycles. The summed E-state index contributed by atoms with van der Waals surface area (Å²) >= 11 is 20.4. The number of amides is 3. The fraction of sp³-hybridized carbons (Fsp3) is 0.304. The summed E-state index contributed by atoms with van der Waals surface area (Å²) in [5.74, 6) is 0.389. The molecule has 0 bridgehead atoms. The molecule has 59 heavy (non-hydrogen) atoms. The van der Waals surface area contributed by atoms with Crippen molar-refractivity contribution in [2.75, 3.05) is 57.7 Å². The fourth-order valence-electron chi connectivity index (χ4n) is 8.58. The molecule has 0 aliphatic carbocycles. The second kappa shape index (κ2) is 17.2. The highest BCUT2D eigenvalue weighted by Gasteiger charge is 2.40. The van der Waals surface area contributed by atoms with Gasteiger partial charge in [0.05, 0.1) is 29.7 Å². The smallest absolute Gasteiger partial charge is 0.317 e. The van der Waals surface area contributed by atoms with Crippen LogP contribution >= 0.6 is 34.8 Å². The van der Waals surface area contributed by atoms with E-state index in [2.05, 4.69) is 56.7 Å².